The van der Waals surface area contributed by atoms with Crippen LogP contribution in [-0.4, -0.2) is 84.5 Å². The summed E-state index contributed by atoms with van der Waals surface area (Å²) in [6.07, 6.45) is 5.55. The van der Waals surface area contributed by atoms with Gasteiger partial charge in [0.15, 0.2) is 0 Å². The van der Waals surface area contributed by atoms with E-state index in [0.717, 1.165) is 62.3 Å². The molecule has 2 N–H and O–H groups in total. The summed E-state index contributed by atoms with van der Waals surface area (Å²) in [5.74, 6) is 0. The van der Waals surface area contributed by atoms with Gasteiger partial charge in [0.05, 0.1) is 35.4 Å². The minimum atomic E-state index is 0.154. The Balaban J connectivity index is 1.09. The summed E-state index contributed by atoms with van der Waals surface area (Å²) in [4.78, 5) is 9.40. The van der Waals surface area contributed by atoms with E-state index in [0.29, 0.717) is 23.7 Å². The Hall–Kier alpha value is -2.70. The number of ether oxygens (including phenoxy) is 1. The lowest BCUT2D eigenvalue weighted by molar-refractivity contribution is -0.0567. The first kappa shape index (κ1) is 21.8. The molecule has 0 radical (unpaired) electrons. The Bertz CT molecular complexity index is 1140. The third-order valence-corrected chi connectivity index (χ3v) is 7.63. The third kappa shape index (κ3) is 4.03. The molecule has 6 rings (SSSR count). The molecule has 34 heavy (non-hydrogen) atoms. The summed E-state index contributed by atoms with van der Waals surface area (Å²) in [5.41, 5.74) is 7.75. The number of hydrogen-bond acceptors (Lipinski definition) is 8. The van der Waals surface area contributed by atoms with E-state index in [9.17, 15) is 5.26 Å². The molecule has 178 valence electrons. The lowest BCUT2D eigenvalue weighted by atomic mass is 9.98. The van der Waals surface area contributed by atoms with Crippen molar-refractivity contribution in [2.24, 2.45) is 0 Å². The number of rotatable bonds is 4. The molecule has 8 heteroatoms. The van der Waals surface area contributed by atoms with E-state index >= 15 is 0 Å². The van der Waals surface area contributed by atoms with Crippen LogP contribution in [0.5, 0.6) is 0 Å². The molecule has 0 amide bonds. The average molecular weight is 460 g/mol. The summed E-state index contributed by atoms with van der Waals surface area (Å²) in [7, 11) is 0. The number of benzene rings is 1. The van der Waals surface area contributed by atoms with Crippen molar-refractivity contribution in [2.45, 2.75) is 50.6 Å². The Morgan fingerprint density at radius 2 is 2.06 bits per heavy atom. The van der Waals surface area contributed by atoms with Crippen LogP contribution in [0.25, 0.3) is 10.9 Å². The molecule has 0 saturated carbocycles. The van der Waals surface area contributed by atoms with E-state index in [1.807, 2.05) is 12.1 Å². The SMILES string of the molecule is C[C@@H]1CN(c2ccc(C#N)c3ncccc23)C[C@H](CN2CC(N3C=C4CN[C@@H](C)CC4N3)C2)O1. The van der Waals surface area contributed by atoms with Crippen LogP contribution in [0.15, 0.2) is 42.2 Å². The highest BCUT2D eigenvalue weighted by Gasteiger charge is 2.39. The first-order valence-corrected chi connectivity index (χ1v) is 12.5. The van der Waals surface area contributed by atoms with Crippen molar-refractivity contribution >= 4 is 16.6 Å². The van der Waals surface area contributed by atoms with Gasteiger partial charge in [0.2, 0.25) is 0 Å². The summed E-state index contributed by atoms with van der Waals surface area (Å²) in [6.45, 7) is 10.2. The zero-order chi connectivity index (χ0) is 23.2. The van der Waals surface area contributed by atoms with Crippen molar-refractivity contribution in [3.05, 3.63) is 47.8 Å². The number of hydrogen-bond donors (Lipinski definition) is 2. The van der Waals surface area contributed by atoms with Crippen molar-refractivity contribution in [2.75, 3.05) is 44.2 Å². The zero-order valence-corrected chi connectivity index (χ0v) is 19.9. The average Bonchev–Trinajstić information content (AvgIpc) is 3.22. The molecule has 1 aromatic carbocycles. The van der Waals surface area contributed by atoms with E-state index in [4.69, 9.17) is 4.74 Å². The van der Waals surface area contributed by atoms with E-state index in [2.05, 4.69) is 68.8 Å². The van der Waals surface area contributed by atoms with Crippen LogP contribution >= 0.6 is 0 Å². The number of morpholine rings is 1. The van der Waals surface area contributed by atoms with Gasteiger partial charge in [-0.05, 0) is 50.1 Å². The maximum Gasteiger partial charge on any atom is 0.101 e. The molecule has 4 aliphatic rings. The standard InChI is InChI=1S/C26H33N7O/c1-17-8-24-20(10-29-17)12-33(30-24)21-13-31(14-21)15-22-16-32(11-18(2)34-22)25-6-5-19(9-27)26-23(25)4-3-7-28-26/h3-7,12,17-18,21-22,24,29-30H,8,10-11,13-16H2,1-2H3/t17-,18+,22-,24?/m0/s1. The zero-order valence-electron chi connectivity index (χ0n) is 19.9. The molecule has 4 atom stereocenters. The number of nitrogens with zero attached hydrogens (tertiary/aromatic N) is 5. The van der Waals surface area contributed by atoms with Crippen LogP contribution in [0.2, 0.25) is 0 Å². The normalized spacial score (nSPS) is 30.1. The largest absolute Gasteiger partial charge is 0.370 e. The van der Waals surface area contributed by atoms with Gasteiger partial charge < -0.3 is 20.0 Å². The molecule has 3 saturated heterocycles. The van der Waals surface area contributed by atoms with Crippen LogP contribution in [0, 0.1) is 11.3 Å². The molecule has 4 aliphatic heterocycles. The Kier molecular flexibility index (Phi) is 5.66. The predicted octanol–water partition coefficient (Wildman–Crippen LogP) is 1.84. The minimum Gasteiger partial charge on any atom is -0.370 e. The van der Waals surface area contributed by atoms with Gasteiger partial charge >= 0.3 is 0 Å². The van der Waals surface area contributed by atoms with Crippen LogP contribution in [-0.2, 0) is 4.74 Å². The van der Waals surface area contributed by atoms with Gasteiger partial charge in [0.1, 0.15) is 6.07 Å². The fourth-order valence-electron chi connectivity index (χ4n) is 5.90. The van der Waals surface area contributed by atoms with Crippen LogP contribution in [0.3, 0.4) is 0 Å². The number of hydrazine groups is 1. The van der Waals surface area contributed by atoms with Gasteiger partial charge in [-0.1, -0.05) is 0 Å². The van der Waals surface area contributed by atoms with Crippen molar-refractivity contribution in [3.8, 4) is 6.07 Å². The van der Waals surface area contributed by atoms with Crippen LogP contribution in [0.4, 0.5) is 5.69 Å². The number of likely N-dealkylation sites (tertiary alicyclic amines) is 1. The van der Waals surface area contributed by atoms with Crippen molar-refractivity contribution in [3.63, 3.8) is 0 Å². The highest BCUT2D eigenvalue weighted by Crippen LogP contribution is 2.31. The first-order chi connectivity index (χ1) is 16.6. The second-order valence-corrected chi connectivity index (χ2v) is 10.3. The minimum absolute atomic E-state index is 0.154. The fourth-order valence-corrected chi connectivity index (χ4v) is 5.90. The topological polar surface area (TPSA) is 79.7 Å². The first-order valence-electron chi connectivity index (χ1n) is 12.5. The highest BCUT2D eigenvalue weighted by molar-refractivity contribution is 5.95. The molecule has 3 fully saturated rings. The second kappa shape index (κ2) is 8.82. The van der Waals surface area contributed by atoms with Crippen molar-refractivity contribution in [1.29, 1.82) is 5.26 Å². The molecule has 5 heterocycles. The Morgan fingerprint density at radius 1 is 1.18 bits per heavy atom. The number of fused-ring (bicyclic) bond motifs is 2. The maximum absolute atomic E-state index is 9.48. The summed E-state index contributed by atoms with van der Waals surface area (Å²) in [6, 6.07) is 11.9. The molecule has 8 nitrogen and oxygen atoms in total. The quantitative estimate of drug-likeness (QED) is 0.717. The lowest BCUT2D eigenvalue weighted by Crippen LogP contribution is -2.63. The summed E-state index contributed by atoms with van der Waals surface area (Å²) in [5, 5.41) is 16.4. The van der Waals surface area contributed by atoms with Crippen molar-refractivity contribution < 1.29 is 4.74 Å². The van der Waals surface area contributed by atoms with Crippen molar-refractivity contribution in [1.82, 2.24) is 25.6 Å². The molecule has 0 aliphatic carbocycles. The molecular formula is C26H33N7O. The van der Waals surface area contributed by atoms with E-state index in [-0.39, 0.29) is 12.2 Å². The summed E-state index contributed by atoms with van der Waals surface area (Å²) >= 11 is 0. The fraction of sp³-hybridized carbons (Fsp3) is 0.538. The number of pyridine rings is 1. The van der Waals surface area contributed by atoms with E-state index in [1.54, 1.807) is 6.20 Å². The number of aromatic nitrogens is 1. The molecular weight excluding hydrogens is 426 g/mol. The van der Waals surface area contributed by atoms with E-state index in [1.165, 1.54) is 5.57 Å². The molecule has 0 bridgehead atoms. The Labute approximate surface area is 201 Å². The Morgan fingerprint density at radius 3 is 2.91 bits per heavy atom. The number of piperidine rings is 1. The van der Waals surface area contributed by atoms with Gasteiger partial charge in [0.25, 0.3) is 0 Å². The van der Waals surface area contributed by atoms with Crippen LogP contribution < -0.4 is 15.6 Å². The lowest BCUT2D eigenvalue weighted by Gasteiger charge is -2.47. The van der Waals surface area contributed by atoms with Gasteiger partial charge in [-0.2, -0.15) is 5.26 Å². The predicted molar refractivity (Wildman–Crippen MR) is 132 cm³/mol. The number of nitriles is 1. The monoisotopic (exact) mass is 459 g/mol. The maximum atomic E-state index is 9.48. The van der Waals surface area contributed by atoms with E-state index < -0.39 is 0 Å². The molecule has 0 spiro atoms. The number of anilines is 1. The summed E-state index contributed by atoms with van der Waals surface area (Å²) < 4.78 is 6.35. The highest BCUT2D eigenvalue weighted by atomic mass is 16.5. The number of nitrogens with one attached hydrogen (secondary N) is 2. The van der Waals surface area contributed by atoms with Crippen LogP contribution in [0.1, 0.15) is 25.8 Å². The van der Waals surface area contributed by atoms with Gasteiger partial charge in [-0.25, -0.2) is 5.43 Å². The van der Waals surface area contributed by atoms with Gasteiger partial charge in [0, 0.05) is 68.8 Å². The van der Waals surface area contributed by atoms with Gasteiger partial charge in [-0.3, -0.25) is 9.88 Å². The molecule has 2 aromatic rings. The second-order valence-electron chi connectivity index (χ2n) is 10.3. The molecule has 1 unspecified atom stereocenters. The smallest absolute Gasteiger partial charge is 0.101 e. The molecule has 1 aromatic heterocycles. The third-order valence-electron chi connectivity index (χ3n) is 7.63. The van der Waals surface area contributed by atoms with Gasteiger partial charge in [-0.15, -0.1) is 0 Å².